The molecule has 0 unspecified atom stereocenters. The van der Waals surface area contributed by atoms with Crippen molar-refractivity contribution in [1.29, 1.82) is 0 Å². The van der Waals surface area contributed by atoms with Crippen molar-refractivity contribution in [2.24, 2.45) is 0 Å². The largest absolute Gasteiger partial charge is 0.467 e. The van der Waals surface area contributed by atoms with Crippen LogP contribution in [0.2, 0.25) is 0 Å². The van der Waals surface area contributed by atoms with Crippen molar-refractivity contribution in [1.82, 2.24) is 4.90 Å². The van der Waals surface area contributed by atoms with E-state index in [2.05, 4.69) is 0 Å². The van der Waals surface area contributed by atoms with Crippen LogP contribution in [-0.4, -0.2) is 31.1 Å². The van der Waals surface area contributed by atoms with Crippen molar-refractivity contribution in [3.05, 3.63) is 45.5 Å². The lowest BCUT2D eigenvalue weighted by Crippen LogP contribution is -2.33. The standard InChI is InChI=1S/C15H19NO3S/c1-11-9-14(12(2)20-11)15(17)16(6-8-18-3)10-13-5-4-7-19-13/h4-5,7,9H,6,8,10H2,1-3H3. The number of thiophene rings is 1. The molecule has 0 aromatic carbocycles. The minimum atomic E-state index is 0.0281. The monoisotopic (exact) mass is 293 g/mol. The van der Waals surface area contributed by atoms with Gasteiger partial charge in [-0.15, -0.1) is 11.3 Å². The van der Waals surface area contributed by atoms with Crippen LogP contribution in [0.4, 0.5) is 0 Å². The average molecular weight is 293 g/mol. The van der Waals surface area contributed by atoms with Gasteiger partial charge in [0.2, 0.25) is 0 Å². The molecule has 0 N–H and O–H groups in total. The van der Waals surface area contributed by atoms with Crippen LogP contribution in [0.5, 0.6) is 0 Å². The van der Waals surface area contributed by atoms with Gasteiger partial charge in [0.15, 0.2) is 0 Å². The number of hydrogen-bond acceptors (Lipinski definition) is 4. The van der Waals surface area contributed by atoms with Crippen molar-refractivity contribution in [2.45, 2.75) is 20.4 Å². The predicted octanol–water partition coefficient (Wildman–Crippen LogP) is 3.25. The van der Waals surface area contributed by atoms with Crippen molar-refractivity contribution in [3.63, 3.8) is 0 Å². The molecule has 2 heterocycles. The van der Waals surface area contributed by atoms with Crippen LogP contribution >= 0.6 is 11.3 Å². The molecule has 2 rings (SSSR count). The maximum Gasteiger partial charge on any atom is 0.255 e. The van der Waals surface area contributed by atoms with Gasteiger partial charge in [-0.05, 0) is 32.0 Å². The van der Waals surface area contributed by atoms with Gasteiger partial charge in [0.1, 0.15) is 5.76 Å². The first kappa shape index (κ1) is 14.8. The smallest absolute Gasteiger partial charge is 0.255 e. The molecule has 0 bridgehead atoms. The average Bonchev–Trinajstić information content (AvgIpc) is 3.03. The maximum absolute atomic E-state index is 12.6. The normalized spacial score (nSPS) is 10.8. The minimum absolute atomic E-state index is 0.0281. The number of furan rings is 1. The summed E-state index contributed by atoms with van der Waals surface area (Å²) in [6.07, 6.45) is 1.62. The molecule has 20 heavy (non-hydrogen) atoms. The van der Waals surface area contributed by atoms with E-state index in [0.29, 0.717) is 19.7 Å². The summed E-state index contributed by atoms with van der Waals surface area (Å²) >= 11 is 1.64. The molecule has 0 spiro atoms. The van der Waals surface area contributed by atoms with Gasteiger partial charge in [0.25, 0.3) is 5.91 Å². The van der Waals surface area contributed by atoms with Crippen molar-refractivity contribution in [3.8, 4) is 0 Å². The number of ether oxygens (including phenoxy) is 1. The second-order valence-electron chi connectivity index (χ2n) is 4.63. The first-order valence-corrected chi connectivity index (χ1v) is 7.31. The molecule has 0 saturated heterocycles. The number of rotatable bonds is 6. The van der Waals surface area contributed by atoms with Crippen LogP contribution in [0.25, 0.3) is 0 Å². The number of aryl methyl sites for hydroxylation is 2. The third kappa shape index (κ3) is 3.49. The Balaban J connectivity index is 2.17. The molecule has 0 aliphatic rings. The number of amides is 1. The Hall–Kier alpha value is -1.59. The maximum atomic E-state index is 12.6. The lowest BCUT2D eigenvalue weighted by molar-refractivity contribution is 0.0666. The first-order valence-electron chi connectivity index (χ1n) is 6.49. The van der Waals surface area contributed by atoms with Gasteiger partial charge in [-0.25, -0.2) is 0 Å². The highest BCUT2D eigenvalue weighted by atomic mass is 32.1. The van der Waals surface area contributed by atoms with Crippen LogP contribution in [-0.2, 0) is 11.3 Å². The zero-order valence-electron chi connectivity index (χ0n) is 12.0. The zero-order chi connectivity index (χ0) is 14.5. The lowest BCUT2D eigenvalue weighted by Gasteiger charge is -2.21. The molecule has 1 amide bonds. The lowest BCUT2D eigenvalue weighted by atomic mass is 10.2. The summed E-state index contributed by atoms with van der Waals surface area (Å²) in [6.45, 7) is 5.51. The van der Waals surface area contributed by atoms with E-state index in [1.54, 1.807) is 29.6 Å². The number of methoxy groups -OCH3 is 1. The Morgan fingerprint density at radius 2 is 2.25 bits per heavy atom. The molecule has 2 aromatic rings. The summed E-state index contributed by atoms with van der Waals surface area (Å²) in [5.41, 5.74) is 0.773. The SMILES string of the molecule is COCCN(Cc1ccco1)C(=O)c1cc(C)sc1C. The Kier molecular flexibility index (Phi) is 4.98. The van der Waals surface area contributed by atoms with E-state index >= 15 is 0 Å². The third-order valence-corrected chi connectivity index (χ3v) is 4.02. The van der Waals surface area contributed by atoms with E-state index in [1.165, 1.54) is 0 Å². The predicted molar refractivity (Wildman–Crippen MR) is 79.1 cm³/mol. The summed E-state index contributed by atoms with van der Waals surface area (Å²) in [5, 5.41) is 0. The van der Waals surface area contributed by atoms with E-state index in [4.69, 9.17) is 9.15 Å². The fourth-order valence-corrected chi connectivity index (χ4v) is 2.97. The van der Waals surface area contributed by atoms with Crippen LogP contribution < -0.4 is 0 Å². The molecule has 0 aliphatic heterocycles. The van der Waals surface area contributed by atoms with E-state index in [-0.39, 0.29) is 5.91 Å². The molecular formula is C15H19NO3S. The van der Waals surface area contributed by atoms with Crippen molar-refractivity contribution >= 4 is 17.2 Å². The second-order valence-corrected chi connectivity index (χ2v) is 6.09. The van der Waals surface area contributed by atoms with E-state index in [9.17, 15) is 4.79 Å². The van der Waals surface area contributed by atoms with E-state index < -0.39 is 0 Å². The summed E-state index contributed by atoms with van der Waals surface area (Å²) in [7, 11) is 1.63. The van der Waals surface area contributed by atoms with Crippen molar-refractivity contribution in [2.75, 3.05) is 20.3 Å². The molecule has 0 aliphatic carbocycles. The molecule has 4 nitrogen and oxygen atoms in total. The number of carbonyl (C=O) groups excluding carboxylic acids is 1. The van der Waals surface area contributed by atoms with E-state index in [0.717, 1.165) is 21.1 Å². The quantitative estimate of drug-likeness (QED) is 0.821. The van der Waals surface area contributed by atoms with Crippen LogP contribution in [0.1, 0.15) is 25.9 Å². The van der Waals surface area contributed by atoms with Gasteiger partial charge in [0.05, 0.1) is 25.0 Å². The van der Waals surface area contributed by atoms with Crippen molar-refractivity contribution < 1.29 is 13.9 Å². The van der Waals surface area contributed by atoms with Gasteiger partial charge in [-0.2, -0.15) is 0 Å². The van der Waals surface area contributed by atoms with Gasteiger partial charge >= 0.3 is 0 Å². The molecule has 5 heteroatoms. The third-order valence-electron chi connectivity index (χ3n) is 3.05. The number of hydrogen-bond donors (Lipinski definition) is 0. The molecule has 108 valence electrons. The summed E-state index contributed by atoms with van der Waals surface area (Å²) in [5.74, 6) is 0.805. The molecule has 0 fully saturated rings. The fourth-order valence-electron chi connectivity index (χ4n) is 2.06. The van der Waals surface area contributed by atoms with E-state index in [1.807, 2.05) is 32.0 Å². The summed E-state index contributed by atoms with van der Waals surface area (Å²) in [4.78, 5) is 16.6. The molecular weight excluding hydrogens is 274 g/mol. The first-order chi connectivity index (χ1) is 9.61. The molecule has 0 saturated carbocycles. The van der Waals surface area contributed by atoms with Gasteiger partial charge < -0.3 is 14.1 Å². The second kappa shape index (κ2) is 6.72. The number of carbonyl (C=O) groups is 1. The van der Waals surface area contributed by atoms with Crippen LogP contribution in [0.3, 0.4) is 0 Å². The van der Waals surface area contributed by atoms with Gasteiger partial charge in [-0.1, -0.05) is 0 Å². The highest BCUT2D eigenvalue weighted by Gasteiger charge is 2.20. The summed E-state index contributed by atoms with van der Waals surface area (Å²) < 4.78 is 10.4. The Morgan fingerprint density at radius 3 is 2.80 bits per heavy atom. The number of nitrogens with zero attached hydrogens (tertiary/aromatic N) is 1. The summed E-state index contributed by atoms with van der Waals surface area (Å²) in [6, 6.07) is 5.65. The topological polar surface area (TPSA) is 42.7 Å². The van der Waals surface area contributed by atoms with Crippen LogP contribution in [0.15, 0.2) is 28.9 Å². The molecule has 2 aromatic heterocycles. The van der Waals surface area contributed by atoms with Gasteiger partial charge in [0, 0.05) is 23.4 Å². The highest BCUT2D eigenvalue weighted by Crippen LogP contribution is 2.22. The Labute approximate surface area is 123 Å². The zero-order valence-corrected chi connectivity index (χ0v) is 12.8. The molecule has 0 radical (unpaired) electrons. The van der Waals surface area contributed by atoms with Crippen LogP contribution in [0, 0.1) is 13.8 Å². The Morgan fingerprint density at radius 1 is 1.45 bits per heavy atom. The minimum Gasteiger partial charge on any atom is -0.467 e. The molecule has 0 atom stereocenters. The Bertz CT molecular complexity index is 560. The highest BCUT2D eigenvalue weighted by molar-refractivity contribution is 7.12. The van der Waals surface area contributed by atoms with Gasteiger partial charge in [-0.3, -0.25) is 4.79 Å². The fraction of sp³-hybridized carbons (Fsp3) is 0.400.